The van der Waals surface area contributed by atoms with Crippen molar-refractivity contribution in [2.24, 2.45) is 0 Å². The number of hydrogen-bond donors (Lipinski definition) is 1. The number of nitrogens with one attached hydrogen (secondary N) is 1. The molecule has 7 nitrogen and oxygen atoms in total. The lowest BCUT2D eigenvalue weighted by molar-refractivity contribution is -0.136. The van der Waals surface area contributed by atoms with Crippen LogP contribution in [0.2, 0.25) is 0 Å². The number of esters is 1. The number of amides is 1. The minimum Gasteiger partial charge on any atom is -0.445 e. The molecule has 0 fully saturated rings. The fraction of sp³-hybridized carbons (Fsp3) is 0.370. The third-order valence-electron chi connectivity index (χ3n) is 6.05. The summed E-state index contributed by atoms with van der Waals surface area (Å²) in [6.07, 6.45) is 4.92. The summed E-state index contributed by atoms with van der Waals surface area (Å²) in [4.78, 5) is 37.6. The van der Waals surface area contributed by atoms with Gasteiger partial charge in [0.2, 0.25) is 0 Å². The van der Waals surface area contributed by atoms with Crippen molar-refractivity contribution >= 4 is 23.0 Å². The topological polar surface area (TPSA) is 94.8 Å². The van der Waals surface area contributed by atoms with Gasteiger partial charge in [-0.05, 0) is 55.4 Å². The van der Waals surface area contributed by atoms with Crippen LogP contribution in [-0.4, -0.2) is 18.1 Å². The van der Waals surface area contributed by atoms with E-state index >= 15 is 0 Å². The van der Waals surface area contributed by atoms with E-state index in [4.69, 9.17) is 13.9 Å². The third-order valence-corrected chi connectivity index (χ3v) is 6.05. The summed E-state index contributed by atoms with van der Waals surface area (Å²) in [5.41, 5.74) is 2.70. The molecule has 1 aliphatic rings. The Labute approximate surface area is 198 Å². The van der Waals surface area contributed by atoms with Gasteiger partial charge in [-0.2, -0.15) is 0 Å². The van der Waals surface area contributed by atoms with Crippen LogP contribution in [0.1, 0.15) is 55.7 Å². The number of rotatable bonds is 8. The number of aryl methyl sites for hydroxylation is 1. The lowest BCUT2D eigenvalue weighted by Gasteiger charge is -2.18. The van der Waals surface area contributed by atoms with E-state index in [2.05, 4.69) is 5.32 Å². The minimum atomic E-state index is -0.852. The molecule has 1 aromatic heterocycles. The number of ether oxygens (including phenoxy) is 2. The number of hydrogen-bond acceptors (Lipinski definition) is 6. The van der Waals surface area contributed by atoms with Crippen molar-refractivity contribution in [3.8, 4) is 5.75 Å². The van der Waals surface area contributed by atoms with Gasteiger partial charge in [-0.25, -0.2) is 14.4 Å². The molecule has 0 saturated carbocycles. The van der Waals surface area contributed by atoms with E-state index in [9.17, 15) is 14.4 Å². The predicted molar refractivity (Wildman–Crippen MR) is 128 cm³/mol. The maximum absolute atomic E-state index is 12.9. The van der Waals surface area contributed by atoms with Crippen molar-refractivity contribution < 1.29 is 23.5 Å². The van der Waals surface area contributed by atoms with Gasteiger partial charge in [-0.1, -0.05) is 50.1 Å². The van der Waals surface area contributed by atoms with E-state index in [-0.39, 0.29) is 18.0 Å². The highest BCUT2D eigenvalue weighted by Crippen LogP contribution is 2.29. The largest absolute Gasteiger partial charge is 0.445 e. The number of fused-ring (bicyclic) bond motifs is 3. The molecule has 0 radical (unpaired) electrons. The van der Waals surface area contributed by atoms with Crippen molar-refractivity contribution in [1.82, 2.24) is 5.32 Å². The molecule has 34 heavy (non-hydrogen) atoms. The average Bonchev–Trinajstić information content (AvgIpc) is 2.86. The van der Waals surface area contributed by atoms with Gasteiger partial charge in [0.1, 0.15) is 24.0 Å². The van der Waals surface area contributed by atoms with E-state index in [1.54, 1.807) is 12.1 Å². The molecule has 1 heterocycles. The van der Waals surface area contributed by atoms with Gasteiger partial charge in [0.05, 0.1) is 0 Å². The van der Waals surface area contributed by atoms with E-state index in [1.807, 2.05) is 43.3 Å². The Morgan fingerprint density at radius 3 is 2.59 bits per heavy atom. The van der Waals surface area contributed by atoms with Gasteiger partial charge in [0.25, 0.3) is 0 Å². The Bertz CT molecular complexity index is 1220. The van der Waals surface area contributed by atoms with Crippen LogP contribution in [0.4, 0.5) is 4.79 Å². The van der Waals surface area contributed by atoms with Crippen molar-refractivity contribution in [2.45, 2.75) is 64.5 Å². The minimum absolute atomic E-state index is 0.107. The number of unbranched alkanes of at least 4 members (excludes halogenated alkanes) is 1. The molecule has 1 atom stereocenters. The van der Waals surface area contributed by atoms with E-state index in [0.717, 1.165) is 60.6 Å². The van der Waals surface area contributed by atoms with Gasteiger partial charge in [0, 0.05) is 17.0 Å². The first-order valence-electron chi connectivity index (χ1n) is 11.8. The van der Waals surface area contributed by atoms with Crippen LogP contribution < -0.4 is 15.7 Å². The number of benzene rings is 2. The molecule has 3 aromatic rings. The summed E-state index contributed by atoms with van der Waals surface area (Å²) < 4.78 is 16.3. The average molecular weight is 464 g/mol. The van der Waals surface area contributed by atoms with Crippen LogP contribution in [-0.2, 0) is 29.0 Å². The van der Waals surface area contributed by atoms with Gasteiger partial charge < -0.3 is 19.2 Å². The van der Waals surface area contributed by atoms with E-state index < -0.39 is 18.1 Å². The monoisotopic (exact) mass is 463 g/mol. The first kappa shape index (κ1) is 23.5. The lowest BCUT2D eigenvalue weighted by atomic mass is 9.91. The van der Waals surface area contributed by atoms with Crippen LogP contribution in [0, 0.1) is 0 Å². The molecule has 0 spiro atoms. The molecule has 4 rings (SSSR count). The Balaban J connectivity index is 1.45. The maximum Gasteiger partial charge on any atom is 0.408 e. The van der Waals surface area contributed by atoms with E-state index in [0.29, 0.717) is 12.0 Å². The summed E-state index contributed by atoms with van der Waals surface area (Å²) in [7, 11) is 0. The Morgan fingerprint density at radius 2 is 1.82 bits per heavy atom. The zero-order valence-corrected chi connectivity index (χ0v) is 19.3. The van der Waals surface area contributed by atoms with Crippen LogP contribution >= 0.6 is 0 Å². The quantitative estimate of drug-likeness (QED) is 0.285. The second-order valence-electron chi connectivity index (χ2n) is 8.53. The predicted octanol–water partition coefficient (Wildman–Crippen LogP) is 5.06. The van der Waals surface area contributed by atoms with Crippen molar-refractivity contribution in [2.75, 3.05) is 0 Å². The van der Waals surface area contributed by atoms with Crippen LogP contribution in [0.3, 0.4) is 0 Å². The SMILES string of the molecule is CCCC[C@@H](NC(=O)OCc1ccccc1)C(=O)Oc1ccc2c3c(c(=O)oc2c1)CCCC3. The molecule has 1 aliphatic carbocycles. The summed E-state index contributed by atoms with van der Waals surface area (Å²) in [6.45, 7) is 2.11. The van der Waals surface area contributed by atoms with Gasteiger partial charge >= 0.3 is 17.7 Å². The summed E-state index contributed by atoms with van der Waals surface area (Å²) >= 11 is 0. The first-order valence-corrected chi connectivity index (χ1v) is 11.8. The third kappa shape index (κ3) is 5.65. The standard InChI is InChI=1S/C27H29NO6/c1-2-3-13-23(28-27(31)32-17-18-9-5-4-6-10-18)26(30)33-19-14-15-21-20-11-7-8-12-22(20)25(29)34-24(21)16-19/h4-6,9-10,14-16,23H,2-3,7-8,11-13,17H2,1H3,(H,28,31)/t23-/m1/s1. The first-order chi connectivity index (χ1) is 16.5. The molecule has 1 N–H and O–H groups in total. The molecule has 178 valence electrons. The highest BCUT2D eigenvalue weighted by molar-refractivity contribution is 5.86. The summed E-state index contributed by atoms with van der Waals surface area (Å²) in [5.74, 6) is -0.331. The van der Waals surface area contributed by atoms with Crippen LogP contribution in [0.25, 0.3) is 11.0 Å². The van der Waals surface area contributed by atoms with Crippen molar-refractivity contribution in [3.63, 3.8) is 0 Å². The highest BCUT2D eigenvalue weighted by atomic mass is 16.6. The Morgan fingerprint density at radius 1 is 1.06 bits per heavy atom. The Kier molecular flexibility index (Phi) is 7.62. The van der Waals surface area contributed by atoms with Crippen molar-refractivity contribution in [3.05, 3.63) is 75.6 Å². The molecule has 1 amide bonds. The zero-order valence-electron chi connectivity index (χ0n) is 19.3. The Hall–Kier alpha value is -3.61. The van der Waals surface area contributed by atoms with Gasteiger partial charge in [-0.15, -0.1) is 0 Å². The zero-order chi connectivity index (χ0) is 23.9. The van der Waals surface area contributed by atoms with Gasteiger partial charge in [0.15, 0.2) is 0 Å². The highest BCUT2D eigenvalue weighted by Gasteiger charge is 2.24. The van der Waals surface area contributed by atoms with Crippen molar-refractivity contribution in [1.29, 1.82) is 0 Å². The van der Waals surface area contributed by atoms with Crippen LogP contribution in [0.5, 0.6) is 5.75 Å². The van der Waals surface area contributed by atoms with Gasteiger partial charge in [-0.3, -0.25) is 0 Å². The second-order valence-corrected chi connectivity index (χ2v) is 8.53. The van der Waals surface area contributed by atoms with E-state index in [1.165, 1.54) is 0 Å². The second kappa shape index (κ2) is 11.0. The molecule has 7 heteroatoms. The molecular weight excluding hydrogens is 434 g/mol. The number of carbonyl (C=O) groups is 2. The molecule has 2 aromatic carbocycles. The summed E-state index contributed by atoms with van der Waals surface area (Å²) in [6, 6.07) is 13.5. The number of carbonyl (C=O) groups excluding carboxylic acids is 2. The number of alkyl carbamates (subject to hydrolysis) is 1. The fourth-order valence-corrected chi connectivity index (χ4v) is 4.24. The molecule has 0 unspecified atom stereocenters. The molecule has 0 bridgehead atoms. The summed E-state index contributed by atoms with van der Waals surface area (Å²) in [5, 5.41) is 3.49. The lowest BCUT2D eigenvalue weighted by Crippen LogP contribution is -2.43. The smallest absolute Gasteiger partial charge is 0.408 e. The fourth-order valence-electron chi connectivity index (χ4n) is 4.24. The molecule has 0 aliphatic heterocycles. The normalized spacial score (nSPS) is 13.7. The van der Waals surface area contributed by atoms with Crippen LogP contribution in [0.15, 0.2) is 57.7 Å². The maximum atomic E-state index is 12.9. The molecular formula is C27H29NO6. The molecule has 0 saturated heterocycles.